The van der Waals surface area contributed by atoms with Gasteiger partial charge in [-0.05, 0) is 22.4 Å². The molecule has 0 aliphatic rings. The number of aromatic nitrogens is 4. The van der Waals surface area contributed by atoms with Gasteiger partial charge in [-0.2, -0.15) is 10.2 Å². The first-order valence-electron chi connectivity index (χ1n) is 6.40. The Hall–Kier alpha value is -1.83. The number of aryl methyl sites for hydroxylation is 1. The van der Waals surface area contributed by atoms with Crippen molar-refractivity contribution in [1.82, 2.24) is 20.0 Å². The van der Waals surface area contributed by atoms with Gasteiger partial charge >= 0.3 is 0 Å². The summed E-state index contributed by atoms with van der Waals surface area (Å²) in [5.74, 6) is 0.512. The van der Waals surface area contributed by atoms with Crippen LogP contribution in [0, 0.1) is 0 Å². The van der Waals surface area contributed by atoms with E-state index in [0.717, 1.165) is 18.4 Å². The molecule has 20 heavy (non-hydrogen) atoms. The maximum Gasteiger partial charge on any atom is 0.283 e. The molecule has 2 heterocycles. The van der Waals surface area contributed by atoms with Crippen molar-refractivity contribution < 1.29 is 0 Å². The van der Waals surface area contributed by atoms with E-state index in [1.807, 2.05) is 0 Å². The highest BCUT2D eigenvalue weighted by Crippen LogP contribution is 2.18. The van der Waals surface area contributed by atoms with Crippen LogP contribution in [0.1, 0.15) is 25.3 Å². The standard InChI is InChI=1S/C12H17BrN6O/c1-2-3-4-19-12(20)10(13)9(7-17-19)15-5-8-6-16-18-11(8)14/h6-7,15H,2-5H2,1H3,(H3,14,16,18). The number of rotatable bonds is 6. The highest BCUT2D eigenvalue weighted by atomic mass is 79.9. The third-order valence-electron chi connectivity index (χ3n) is 2.93. The van der Waals surface area contributed by atoms with E-state index in [-0.39, 0.29) is 5.56 Å². The maximum atomic E-state index is 12.1. The fourth-order valence-electron chi connectivity index (χ4n) is 1.71. The average Bonchev–Trinajstić information content (AvgIpc) is 2.85. The fourth-order valence-corrected chi connectivity index (χ4v) is 2.16. The number of hydrogen-bond donors (Lipinski definition) is 3. The number of aromatic amines is 1. The zero-order chi connectivity index (χ0) is 14.5. The second kappa shape index (κ2) is 6.56. The Balaban J connectivity index is 2.11. The first kappa shape index (κ1) is 14.6. The van der Waals surface area contributed by atoms with Crippen LogP contribution in [0.4, 0.5) is 11.5 Å². The van der Waals surface area contributed by atoms with Gasteiger partial charge in [0.15, 0.2) is 0 Å². The zero-order valence-electron chi connectivity index (χ0n) is 11.2. The van der Waals surface area contributed by atoms with E-state index in [0.29, 0.717) is 29.1 Å². The summed E-state index contributed by atoms with van der Waals surface area (Å²) in [6, 6.07) is 0. The minimum atomic E-state index is -0.136. The van der Waals surface area contributed by atoms with Crippen molar-refractivity contribution in [3.63, 3.8) is 0 Å². The maximum absolute atomic E-state index is 12.1. The lowest BCUT2D eigenvalue weighted by Gasteiger charge is -2.09. The topological polar surface area (TPSA) is 102 Å². The van der Waals surface area contributed by atoms with Gasteiger partial charge in [0.05, 0.1) is 18.1 Å². The molecular formula is C12H17BrN6O. The monoisotopic (exact) mass is 340 g/mol. The zero-order valence-corrected chi connectivity index (χ0v) is 12.8. The third-order valence-corrected chi connectivity index (χ3v) is 3.70. The lowest BCUT2D eigenvalue weighted by atomic mass is 10.3. The Kier molecular flexibility index (Phi) is 4.78. The van der Waals surface area contributed by atoms with Gasteiger partial charge in [-0.1, -0.05) is 13.3 Å². The second-order valence-corrected chi connectivity index (χ2v) is 5.21. The van der Waals surface area contributed by atoms with Gasteiger partial charge in [0.25, 0.3) is 5.56 Å². The van der Waals surface area contributed by atoms with Crippen LogP contribution in [0.2, 0.25) is 0 Å². The first-order valence-corrected chi connectivity index (χ1v) is 7.20. The van der Waals surface area contributed by atoms with Gasteiger partial charge in [0.1, 0.15) is 10.3 Å². The molecule has 4 N–H and O–H groups in total. The molecule has 0 aromatic carbocycles. The van der Waals surface area contributed by atoms with Crippen LogP contribution in [0.3, 0.4) is 0 Å². The normalized spacial score (nSPS) is 10.7. The molecule has 0 saturated carbocycles. The smallest absolute Gasteiger partial charge is 0.283 e. The lowest BCUT2D eigenvalue weighted by molar-refractivity contribution is 0.541. The minimum absolute atomic E-state index is 0.136. The number of nitrogens with zero attached hydrogens (tertiary/aromatic N) is 3. The van der Waals surface area contributed by atoms with Crippen molar-refractivity contribution in [2.24, 2.45) is 0 Å². The van der Waals surface area contributed by atoms with Crippen molar-refractivity contribution in [1.29, 1.82) is 0 Å². The molecule has 0 unspecified atom stereocenters. The molecule has 0 fully saturated rings. The highest BCUT2D eigenvalue weighted by Gasteiger charge is 2.09. The van der Waals surface area contributed by atoms with Crippen LogP contribution < -0.4 is 16.6 Å². The largest absolute Gasteiger partial charge is 0.384 e. The summed E-state index contributed by atoms with van der Waals surface area (Å²) in [5.41, 5.74) is 7.05. The van der Waals surface area contributed by atoms with E-state index in [4.69, 9.17) is 5.73 Å². The molecule has 8 heteroatoms. The van der Waals surface area contributed by atoms with Gasteiger partial charge < -0.3 is 11.1 Å². The molecule has 0 radical (unpaired) electrons. The van der Waals surface area contributed by atoms with Gasteiger partial charge in [-0.3, -0.25) is 9.89 Å². The number of nitrogens with one attached hydrogen (secondary N) is 2. The molecule has 7 nitrogen and oxygen atoms in total. The Morgan fingerprint density at radius 3 is 2.95 bits per heavy atom. The van der Waals surface area contributed by atoms with Crippen LogP contribution in [-0.4, -0.2) is 20.0 Å². The molecule has 108 valence electrons. The summed E-state index contributed by atoms with van der Waals surface area (Å²) in [6.07, 6.45) is 5.23. The van der Waals surface area contributed by atoms with Crippen molar-refractivity contribution >= 4 is 27.4 Å². The lowest BCUT2D eigenvalue weighted by Crippen LogP contribution is -2.24. The fraction of sp³-hybridized carbons (Fsp3) is 0.417. The number of nitrogen functional groups attached to an aromatic ring is 1. The molecule has 2 aromatic rings. The Morgan fingerprint density at radius 2 is 2.30 bits per heavy atom. The quantitative estimate of drug-likeness (QED) is 0.743. The third kappa shape index (κ3) is 3.19. The molecule has 0 saturated heterocycles. The predicted molar refractivity (Wildman–Crippen MR) is 81.4 cm³/mol. The Bertz CT molecular complexity index is 635. The summed E-state index contributed by atoms with van der Waals surface area (Å²) < 4.78 is 1.94. The van der Waals surface area contributed by atoms with Crippen LogP contribution in [-0.2, 0) is 13.1 Å². The molecule has 0 atom stereocenters. The minimum Gasteiger partial charge on any atom is -0.384 e. The molecule has 0 bridgehead atoms. The summed E-state index contributed by atoms with van der Waals surface area (Å²) in [7, 11) is 0. The van der Waals surface area contributed by atoms with Gasteiger partial charge in [-0.15, -0.1) is 0 Å². The summed E-state index contributed by atoms with van der Waals surface area (Å²) in [5, 5.41) is 13.8. The molecule has 2 rings (SSSR count). The SMILES string of the molecule is CCCCn1ncc(NCc2cn[nH]c2N)c(Br)c1=O. The Labute approximate surface area is 124 Å². The van der Waals surface area contributed by atoms with Crippen molar-refractivity contribution in [2.75, 3.05) is 11.1 Å². The molecule has 0 aliphatic carbocycles. The van der Waals surface area contributed by atoms with E-state index in [9.17, 15) is 4.79 Å². The summed E-state index contributed by atoms with van der Waals surface area (Å²) in [6.45, 7) is 3.18. The number of anilines is 2. The van der Waals surface area contributed by atoms with E-state index in [1.165, 1.54) is 4.68 Å². The highest BCUT2D eigenvalue weighted by molar-refractivity contribution is 9.10. The first-order chi connectivity index (χ1) is 9.63. The molecule has 0 amide bonds. The predicted octanol–water partition coefficient (Wildman–Crippen LogP) is 1.72. The van der Waals surface area contributed by atoms with Crippen LogP contribution in [0.5, 0.6) is 0 Å². The van der Waals surface area contributed by atoms with Crippen molar-refractivity contribution in [2.45, 2.75) is 32.9 Å². The summed E-state index contributed by atoms with van der Waals surface area (Å²) in [4.78, 5) is 12.1. The van der Waals surface area contributed by atoms with E-state index in [2.05, 4.69) is 43.5 Å². The number of hydrogen-bond acceptors (Lipinski definition) is 5. The van der Waals surface area contributed by atoms with Gasteiger partial charge in [-0.25, -0.2) is 4.68 Å². The summed E-state index contributed by atoms with van der Waals surface area (Å²) >= 11 is 3.32. The van der Waals surface area contributed by atoms with Crippen LogP contribution in [0.25, 0.3) is 0 Å². The van der Waals surface area contributed by atoms with E-state index >= 15 is 0 Å². The average molecular weight is 341 g/mol. The number of halogens is 1. The van der Waals surface area contributed by atoms with E-state index < -0.39 is 0 Å². The van der Waals surface area contributed by atoms with Gasteiger partial charge in [0.2, 0.25) is 0 Å². The number of H-pyrrole nitrogens is 1. The van der Waals surface area contributed by atoms with Crippen molar-refractivity contribution in [3.05, 3.63) is 32.8 Å². The van der Waals surface area contributed by atoms with Crippen LogP contribution >= 0.6 is 15.9 Å². The molecule has 0 aliphatic heterocycles. The van der Waals surface area contributed by atoms with E-state index in [1.54, 1.807) is 12.4 Å². The molecule has 2 aromatic heterocycles. The van der Waals surface area contributed by atoms with Crippen LogP contribution in [0.15, 0.2) is 21.7 Å². The molecule has 0 spiro atoms. The second-order valence-electron chi connectivity index (χ2n) is 4.42. The molecular weight excluding hydrogens is 324 g/mol. The Morgan fingerprint density at radius 1 is 1.50 bits per heavy atom. The number of unbranched alkanes of at least 4 members (excludes halogenated alkanes) is 1. The van der Waals surface area contributed by atoms with Gasteiger partial charge in [0, 0.05) is 18.7 Å². The van der Waals surface area contributed by atoms with Crippen molar-refractivity contribution in [3.8, 4) is 0 Å². The number of nitrogens with two attached hydrogens (primary N) is 1.